The normalized spacial score (nSPS) is 11.5. The fraction of sp³-hybridized carbons (Fsp3) is 0.571. The quantitative estimate of drug-likeness (QED) is 0.876. The Balaban J connectivity index is 3.32. The molecule has 0 heterocycles. The zero-order valence-electron chi connectivity index (χ0n) is 11.5. The Kier molecular flexibility index (Phi) is 4.04. The van der Waals surface area contributed by atoms with Gasteiger partial charge in [0.2, 0.25) is 0 Å². The van der Waals surface area contributed by atoms with Crippen LogP contribution in [0.15, 0.2) is 6.07 Å². The molecule has 0 saturated heterocycles. The van der Waals surface area contributed by atoms with Crippen LogP contribution in [0.1, 0.15) is 30.5 Å². The average Bonchev–Trinajstić information content (AvgIpc) is 2.21. The molecular weight excluding hydrogens is 216 g/mol. The molecule has 0 atom stereocenters. The third-order valence-corrected chi connectivity index (χ3v) is 2.92. The number of benzene rings is 1. The molecule has 1 N–H and O–H groups in total. The number of hydrogen-bond acceptors (Lipinski definition) is 3. The van der Waals surface area contributed by atoms with Gasteiger partial charge in [0.15, 0.2) is 0 Å². The first-order valence-electron chi connectivity index (χ1n) is 5.73. The maximum atomic E-state index is 9.92. The Bertz CT molecular complexity index is 403. The van der Waals surface area contributed by atoms with Crippen LogP contribution in [0.5, 0.6) is 11.5 Å². The first-order chi connectivity index (χ1) is 7.80. The van der Waals surface area contributed by atoms with Crippen LogP contribution in [0.2, 0.25) is 0 Å². The number of hydrogen-bond donors (Lipinski definition) is 1. The van der Waals surface area contributed by atoms with Crippen LogP contribution in [-0.4, -0.2) is 24.9 Å². The van der Waals surface area contributed by atoms with E-state index in [2.05, 4.69) is 0 Å². The van der Waals surface area contributed by atoms with E-state index in [4.69, 9.17) is 9.47 Å². The molecule has 3 heteroatoms. The summed E-state index contributed by atoms with van der Waals surface area (Å²) in [6.07, 6.45) is 0.535. The van der Waals surface area contributed by atoms with E-state index in [1.165, 1.54) is 0 Å². The molecule has 96 valence electrons. The van der Waals surface area contributed by atoms with E-state index in [-0.39, 0.29) is 0 Å². The Morgan fingerprint density at radius 3 is 2.12 bits per heavy atom. The number of ether oxygens (including phenoxy) is 2. The van der Waals surface area contributed by atoms with Crippen LogP contribution in [-0.2, 0) is 6.42 Å². The minimum Gasteiger partial charge on any atom is -0.496 e. The molecule has 0 fully saturated rings. The summed E-state index contributed by atoms with van der Waals surface area (Å²) in [5.41, 5.74) is 2.34. The minimum absolute atomic E-state index is 0.535. The van der Waals surface area contributed by atoms with Gasteiger partial charge in [0.25, 0.3) is 0 Å². The summed E-state index contributed by atoms with van der Waals surface area (Å²) in [5, 5.41) is 9.92. The van der Waals surface area contributed by atoms with E-state index in [1.807, 2.05) is 19.9 Å². The molecule has 0 unspecified atom stereocenters. The average molecular weight is 238 g/mol. The van der Waals surface area contributed by atoms with Crippen LogP contribution < -0.4 is 9.47 Å². The smallest absolute Gasteiger partial charge is 0.125 e. The molecule has 0 radical (unpaired) electrons. The van der Waals surface area contributed by atoms with Gasteiger partial charge in [0, 0.05) is 12.0 Å². The highest BCUT2D eigenvalue weighted by Crippen LogP contribution is 2.35. The zero-order chi connectivity index (χ0) is 13.2. The Morgan fingerprint density at radius 2 is 1.71 bits per heavy atom. The third kappa shape index (κ3) is 3.13. The van der Waals surface area contributed by atoms with Crippen molar-refractivity contribution in [1.82, 2.24) is 0 Å². The lowest BCUT2D eigenvalue weighted by molar-refractivity contribution is 0.0802. The molecule has 1 aromatic carbocycles. The highest BCUT2D eigenvalue weighted by molar-refractivity contribution is 5.53. The van der Waals surface area contributed by atoms with Crippen molar-refractivity contribution in [3.63, 3.8) is 0 Å². The molecule has 3 nitrogen and oxygen atoms in total. The second-order valence-electron chi connectivity index (χ2n) is 5.01. The van der Waals surface area contributed by atoms with Crippen molar-refractivity contribution < 1.29 is 14.6 Å². The first-order valence-corrected chi connectivity index (χ1v) is 5.73. The van der Waals surface area contributed by atoms with Crippen LogP contribution in [0.25, 0.3) is 0 Å². The van der Waals surface area contributed by atoms with Gasteiger partial charge in [0.1, 0.15) is 11.5 Å². The lowest BCUT2D eigenvalue weighted by atomic mass is 9.94. The monoisotopic (exact) mass is 238 g/mol. The topological polar surface area (TPSA) is 38.7 Å². The van der Waals surface area contributed by atoms with Crippen molar-refractivity contribution >= 4 is 0 Å². The van der Waals surface area contributed by atoms with Crippen LogP contribution in [0.3, 0.4) is 0 Å². The largest absolute Gasteiger partial charge is 0.496 e. The van der Waals surface area contributed by atoms with E-state index in [1.54, 1.807) is 28.1 Å². The van der Waals surface area contributed by atoms with Crippen LogP contribution in [0, 0.1) is 13.8 Å². The summed E-state index contributed by atoms with van der Waals surface area (Å²) in [5.74, 6) is 1.67. The minimum atomic E-state index is -0.764. The standard InChI is InChI=1S/C14H22O3/c1-9-10(2)13(17-6)11(7-12(9)16-5)8-14(3,4)15/h7,15H,8H2,1-6H3. The van der Waals surface area contributed by atoms with Gasteiger partial charge in [0.05, 0.1) is 19.8 Å². The molecular formula is C14H22O3. The van der Waals surface area contributed by atoms with Crippen molar-refractivity contribution in [3.05, 3.63) is 22.8 Å². The number of rotatable bonds is 4. The molecule has 0 amide bonds. The Labute approximate surface area is 103 Å². The molecule has 0 aliphatic carbocycles. The highest BCUT2D eigenvalue weighted by atomic mass is 16.5. The van der Waals surface area contributed by atoms with Crippen LogP contribution in [0.4, 0.5) is 0 Å². The third-order valence-electron chi connectivity index (χ3n) is 2.92. The molecule has 0 aliphatic rings. The highest BCUT2D eigenvalue weighted by Gasteiger charge is 2.20. The molecule has 0 saturated carbocycles. The maximum Gasteiger partial charge on any atom is 0.125 e. The molecule has 1 rings (SSSR count). The van der Waals surface area contributed by atoms with Gasteiger partial charge >= 0.3 is 0 Å². The molecule has 0 aromatic heterocycles. The van der Waals surface area contributed by atoms with E-state index in [0.717, 1.165) is 28.2 Å². The first kappa shape index (κ1) is 13.8. The summed E-state index contributed by atoms with van der Waals surface area (Å²) in [6.45, 7) is 7.58. The zero-order valence-corrected chi connectivity index (χ0v) is 11.5. The molecule has 0 spiro atoms. The Hall–Kier alpha value is -1.22. The number of aliphatic hydroxyl groups is 1. The predicted octanol–water partition coefficient (Wildman–Crippen LogP) is 2.63. The van der Waals surface area contributed by atoms with Crippen molar-refractivity contribution in [3.8, 4) is 11.5 Å². The fourth-order valence-corrected chi connectivity index (χ4v) is 2.02. The lowest BCUT2D eigenvalue weighted by Gasteiger charge is -2.22. The number of methoxy groups -OCH3 is 2. The Morgan fingerprint density at radius 1 is 1.12 bits per heavy atom. The second-order valence-corrected chi connectivity index (χ2v) is 5.01. The van der Waals surface area contributed by atoms with Crippen LogP contribution >= 0.6 is 0 Å². The van der Waals surface area contributed by atoms with Gasteiger partial charge in [-0.3, -0.25) is 0 Å². The summed E-state index contributed by atoms with van der Waals surface area (Å²) in [6, 6.07) is 1.94. The van der Waals surface area contributed by atoms with E-state index < -0.39 is 5.60 Å². The van der Waals surface area contributed by atoms with Gasteiger partial charge in [-0.1, -0.05) is 0 Å². The summed E-state index contributed by atoms with van der Waals surface area (Å²) < 4.78 is 10.8. The molecule has 0 aliphatic heterocycles. The van der Waals surface area contributed by atoms with E-state index >= 15 is 0 Å². The predicted molar refractivity (Wildman–Crippen MR) is 69.0 cm³/mol. The molecule has 17 heavy (non-hydrogen) atoms. The van der Waals surface area contributed by atoms with Crippen molar-refractivity contribution in [1.29, 1.82) is 0 Å². The van der Waals surface area contributed by atoms with Crippen molar-refractivity contribution in [2.24, 2.45) is 0 Å². The van der Waals surface area contributed by atoms with Gasteiger partial charge < -0.3 is 14.6 Å². The van der Waals surface area contributed by atoms with E-state index in [9.17, 15) is 5.11 Å². The lowest BCUT2D eigenvalue weighted by Crippen LogP contribution is -2.22. The van der Waals surface area contributed by atoms with E-state index in [0.29, 0.717) is 6.42 Å². The van der Waals surface area contributed by atoms with Gasteiger partial charge in [-0.05, 0) is 44.9 Å². The maximum absolute atomic E-state index is 9.92. The SMILES string of the molecule is COc1cc(CC(C)(C)O)c(OC)c(C)c1C. The summed E-state index contributed by atoms with van der Waals surface area (Å²) in [4.78, 5) is 0. The van der Waals surface area contributed by atoms with Gasteiger partial charge in [-0.2, -0.15) is 0 Å². The fourth-order valence-electron chi connectivity index (χ4n) is 2.02. The van der Waals surface area contributed by atoms with Crippen molar-refractivity contribution in [2.45, 2.75) is 39.7 Å². The van der Waals surface area contributed by atoms with Crippen molar-refractivity contribution in [2.75, 3.05) is 14.2 Å². The summed E-state index contributed by atoms with van der Waals surface area (Å²) >= 11 is 0. The summed E-state index contributed by atoms with van der Waals surface area (Å²) in [7, 11) is 3.31. The molecule has 0 bridgehead atoms. The molecule has 1 aromatic rings. The second kappa shape index (κ2) is 4.96. The van der Waals surface area contributed by atoms with Gasteiger partial charge in [-0.25, -0.2) is 0 Å². The van der Waals surface area contributed by atoms with Gasteiger partial charge in [-0.15, -0.1) is 0 Å².